The van der Waals surface area contributed by atoms with E-state index in [9.17, 15) is 14.4 Å². The molecule has 1 heterocycles. The van der Waals surface area contributed by atoms with Crippen molar-refractivity contribution >= 4 is 17.9 Å². The summed E-state index contributed by atoms with van der Waals surface area (Å²) < 4.78 is 5.47. The van der Waals surface area contributed by atoms with Gasteiger partial charge >= 0.3 is 12.0 Å². The zero-order valence-electron chi connectivity index (χ0n) is 10.3. The molecule has 0 aromatic carbocycles. The van der Waals surface area contributed by atoms with Crippen molar-refractivity contribution in [3.05, 3.63) is 0 Å². The third-order valence-electron chi connectivity index (χ3n) is 2.74. The standard InChI is InChI=1S/C11H18N2O5/c1-11(5-2-6-18-11)7-12-10(17)13-8(14)3-4-9(15)16/h2-7H2,1H3,(H,15,16)(H2,12,13,14,17). The van der Waals surface area contributed by atoms with E-state index >= 15 is 0 Å². The highest BCUT2D eigenvalue weighted by Crippen LogP contribution is 2.23. The summed E-state index contributed by atoms with van der Waals surface area (Å²) >= 11 is 0. The van der Waals surface area contributed by atoms with Crippen LogP contribution < -0.4 is 10.6 Å². The molecule has 0 saturated carbocycles. The second-order valence-corrected chi connectivity index (χ2v) is 4.53. The fourth-order valence-corrected chi connectivity index (χ4v) is 1.70. The van der Waals surface area contributed by atoms with Gasteiger partial charge < -0.3 is 15.2 Å². The summed E-state index contributed by atoms with van der Waals surface area (Å²) in [6, 6.07) is -0.623. The van der Waals surface area contributed by atoms with Crippen LogP contribution in [0.15, 0.2) is 0 Å². The minimum absolute atomic E-state index is 0.212. The Hall–Kier alpha value is -1.63. The van der Waals surface area contributed by atoms with Crippen molar-refractivity contribution in [2.75, 3.05) is 13.2 Å². The topological polar surface area (TPSA) is 105 Å². The maximum Gasteiger partial charge on any atom is 0.321 e. The van der Waals surface area contributed by atoms with Crippen LogP contribution in [0.1, 0.15) is 32.6 Å². The van der Waals surface area contributed by atoms with Gasteiger partial charge in [0.25, 0.3) is 0 Å². The Labute approximate surface area is 105 Å². The Bertz CT molecular complexity index is 336. The number of urea groups is 1. The van der Waals surface area contributed by atoms with Gasteiger partial charge in [0, 0.05) is 19.6 Å². The fourth-order valence-electron chi connectivity index (χ4n) is 1.70. The summed E-state index contributed by atoms with van der Waals surface area (Å²) in [5.41, 5.74) is -0.374. The summed E-state index contributed by atoms with van der Waals surface area (Å²) in [6.45, 7) is 2.90. The van der Waals surface area contributed by atoms with E-state index in [1.807, 2.05) is 6.92 Å². The largest absolute Gasteiger partial charge is 0.481 e. The lowest BCUT2D eigenvalue weighted by Crippen LogP contribution is -2.46. The van der Waals surface area contributed by atoms with Crippen LogP contribution in [-0.2, 0) is 14.3 Å². The molecule has 7 heteroatoms. The van der Waals surface area contributed by atoms with Gasteiger partial charge in [-0.05, 0) is 19.8 Å². The van der Waals surface area contributed by atoms with Crippen LogP contribution >= 0.6 is 0 Å². The summed E-state index contributed by atoms with van der Waals surface area (Å²) in [4.78, 5) is 32.8. The number of ether oxygens (including phenoxy) is 1. The molecule has 3 N–H and O–H groups in total. The van der Waals surface area contributed by atoms with Gasteiger partial charge in [-0.3, -0.25) is 14.9 Å². The monoisotopic (exact) mass is 258 g/mol. The highest BCUT2D eigenvalue weighted by molar-refractivity contribution is 5.95. The molecule has 3 amide bonds. The molecule has 0 bridgehead atoms. The maximum atomic E-state index is 11.4. The number of imide groups is 1. The van der Waals surface area contributed by atoms with E-state index in [2.05, 4.69) is 10.6 Å². The van der Waals surface area contributed by atoms with E-state index in [0.29, 0.717) is 13.2 Å². The summed E-state index contributed by atoms with van der Waals surface area (Å²) in [7, 11) is 0. The normalized spacial score (nSPS) is 22.5. The molecule has 18 heavy (non-hydrogen) atoms. The molecule has 0 aromatic heterocycles. The number of carboxylic acid groups (broad SMARTS) is 1. The van der Waals surface area contributed by atoms with Gasteiger partial charge in [0.2, 0.25) is 5.91 Å². The Balaban J connectivity index is 2.20. The number of carboxylic acids is 1. The number of amides is 3. The molecule has 7 nitrogen and oxygen atoms in total. The van der Waals surface area contributed by atoms with Gasteiger partial charge in [-0.25, -0.2) is 4.79 Å². The van der Waals surface area contributed by atoms with E-state index in [0.717, 1.165) is 12.8 Å². The van der Waals surface area contributed by atoms with Crippen molar-refractivity contribution < 1.29 is 24.2 Å². The van der Waals surface area contributed by atoms with E-state index < -0.39 is 17.9 Å². The smallest absolute Gasteiger partial charge is 0.321 e. The third-order valence-corrected chi connectivity index (χ3v) is 2.74. The number of hydrogen-bond donors (Lipinski definition) is 3. The van der Waals surface area contributed by atoms with Gasteiger partial charge in [-0.1, -0.05) is 0 Å². The number of aliphatic carboxylic acids is 1. The third kappa shape index (κ3) is 5.13. The lowest BCUT2D eigenvalue weighted by Gasteiger charge is -2.23. The SMILES string of the molecule is CC1(CNC(=O)NC(=O)CCC(=O)O)CCCO1. The van der Waals surface area contributed by atoms with Crippen molar-refractivity contribution in [1.29, 1.82) is 0 Å². The molecule has 1 aliphatic rings. The molecule has 0 radical (unpaired) electrons. The van der Waals surface area contributed by atoms with Crippen LogP contribution in [0.25, 0.3) is 0 Å². The van der Waals surface area contributed by atoms with Gasteiger partial charge in [0.05, 0.1) is 12.0 Å². The molecule has 102 valence electrons. The van der Waals surface area contributed by atoms with Crippen molar-refractivity contribution in [3.8, 4) is 0 Å². The minimum Gasteiger partial charge on any atom is -0.481 e. The quantitative estimate of drug-likeness (QED) is 0.655. The minimum atomic E-state index is -1.07. The number of hydrogen-bond acceptors (Lipinski definition) is 4. The number of carbonyl (C=O) groups is 3. The molecule has 0 spiro atoms. The van der Waals surface area contributed by atoms with Crippen LogP contribution in [-0.4, -0.2) is 41.8 Å². The van der Waals surface area contributed by atoms with Crippen LogP contribution in [0.4, 0.5) is 4.79 Å². The van der Waals surface area contributed by atoms with Crippen molar-refractivity contribution in [2.45, 2.75) is 38.2 Å². The molecule has 0 aliphatic carbocycles. The zero-order valence-corrected chi connectivity index (χ0v) is 10.3. The molecule has 1 atom stereocenters. The Morgan fingerprint density at radius 1 is 1.33 bits per heavy atom. The van der Waals surface area contributed by atoms with Crippen molar-refractivity contribution in [3.63, 3.8) is 0 Å². The molecule has 1 aliphatic heterocycles. The van der Waals surface area contributed by atoms with Crippen LogP contribution in [0, 0.1) is 0 Å². The lowest BCUT2D eigenvalue weighted by atomic mass is 10.0. The van der Waals surface area contributed by atoms with Crippen molar-refractivity contribution in [1.82, 2.24) is 10.6 Å². The highest BCUT2D eigenvalue weighted by Gasteiger charge is 2.30. The predicted octanol–water partition coefficient (Wildman–Crippen LogP) is 0.246. The average Bonchev–Trinajstić information content (AvgIpc) is 2.72. The Morgan fingerprint density at radius 2 is 2.06 bits per heavy atom. The Morgan fingerprint density at radius 3 is 2.61 bits per heavy atom. The van der Waals surface area contributed by atoms with Gasteiger partial charge in [-0.2, -0.15) is 0 Å². The lowest BCUT2D eigenvalue weighted by molar-refractivity contribution is -0.138. The molecule has 1 saturated heterocycles. The average molecular weight is 258 g/mol. The predicted molar refractivity (Wildman–Crippen MR) is 62.0 cm³/mol. The van der Waals surface area contributed by atoms with Gasteiger partial charge in [0.15, 0.2) is 0 Å². The van der Waals surface area contributed by atoms with E-state index in [-0.39, 0.29) is 18.4 Å². The fraction of sp³-hybridized carbons (Fsp3) is 0.727. The first-order chi connectivity index (χ1) is 8.41. The Kier molecular flexibility index (Phi) is 5.08. The highest BCUT2D eigenvalue weighted by atomic mass is 16.5. The second kappa shape index (κ2) is 6.34. The summed E-state index contributed by atoms with van der Waals surface area (Å²) in [5.74, 6) is -1.68. The first-order valence-electron chi connectivity index (χ1n) is 5.85. The van der Waals surface area contributed by atoms with Crippen molar-refractivity contribution in [2.24, 2.45) is 0 Å². The van der Waals surface area contributed by atoms with Crippen LogP contribution in [0.5, 0.6) is 0 Å². The first kappa shape index (κ1) is 14.4. The van der Waals surface area contributed by atoms with E-state index in [1.54, 1.807) is 0 Å². The second-order valence-electron chi connectivity index (χ2n) is 4.53. The van der Waals surface area contributed by atoms with Gasteiger partial charge in [0.1, 0.15) is 0 Å². The van der Waals surface area contributed by atoms with E-state index in [1.165, 1.54) is 0 Å². The molecular weight excluding hydrogens is 240 g/mol. The number of rotatable bonds is 5. The number of carbonyl (C=O) groups excluding carboxylic acids is 2. The summed E-state index contributed by atoms with van der Waals surface area (Å²) in [5, 5.41) is 13.0. The van der Waals surface area contributed by atoms with Crippen LogP contribution in [0.3, 0.4) is 0 Å². The van der Waals surface area contributed by atoms with Gasteiger partial charge in [-0.15, -0.1) is 0 Å². The molecule has 1 rings (SSSR count). The van der Waals surface area contributed by atoms with E-state index in [4.69, 9.17) is 9.84 Å². The number of nitrogens with one attached hydrogen (secondary N) is 2. The first-order valence-corrected chi connectivity index (χ1v) is 5.85. The molecule has 0 aromatic rings. The zero-order chi connectivity index (χ0) is 13.6. The maximum absolute atomic E-state index is 11.4. The molecule has 1 fully saturated rings. The van der Waals surface area contributed by atoms with Crippen LogP contribution in [0.2, 0.25) is 0 Å². The summed E-state index contributed by atoms with van der Waals surface area (Å²) in [6.07, 6.45) is 1.31. The molecule has 1 unspecified atom stereocenters. The molecular formula is C11H18N2O5.